The van der Waals surface area contributed by atoms with Crippen LogP contribution in [0.1, 0.15) is 31.2 Å². The van der Waals surface area contributed by atoms with E-state index in [1.807, 2.05) is 0 Å². The van der Waals surface area contributed by atoms with Gasteiger partial charge in [-0.3, -0.25) is 9.69 Å². The van der Waals surface area contributed by atoms with E-state index < -0.39 is 5.97 Å². The van der Waals surface area contributed by atoms with E-state index in [4.69, 9.17) is 5.11 Å². The summed E-state index contributed by atoms with van der Waals surface area (Å²) >= 11 is 0. The van der Waals surface area contributed by atoms with Gasteiger partial charge in [0.15, 0.2) is 0 Å². The van der Waals surface area contributed by atoms with E-state index in [0.29, 0.717) is 5.69 Å². The Bertz CT molecular complexity index is 485. The van der Waals surface area contributed by atoms with Crippen molar-refractivity contribution < 1.29 is 14.3 Å². The minimum Gasteiger partial charge on any atom is -0.480 e. The smallest absolute Gasteiger partial charge is 0.323 e. The summed E-state index contributed by atoms with van der Waals surface area (Å²) in [4.78, 5) is 14.6. The normalized spacial score (nSPS) is 16.5. The average molecular weight is 294 g/mol. The molecule has 0 saturated carbocycles. The second-order valence-corrected chi connectivity index (χ2v) is 5.73. The number of likely N-dealkylation sites (N-methyl/N-ethyl adjacent to an activating group) is 1. The third-order valence-electron chi connectivity index (χ3n) is 3.90. The molecule has 0 atom stereocenters. The summed E-state index contributed by atoms with van der Waals surface area (Å²) in [5.41, 5.74) is 1.38. The minimum atomic E-state index is -0.963. The maximum atomic E-state index is 13.9. The summed E-state index contributed by atoms with van der Waals surface area (Å²) in [6, 6.07) is 4.99. The molecule has 0 aromatic heterocycles. The molecular formula is C16H23FN2O2. The number of nitrogens with zero attached hydrogens (tertiary/aromatic N) is 2. The average Bonchev–Trinajstić information content (AvgIpc) is 2.68. The van der Waals surface area contributed by atoms with Crippen LogP contribution in [0.5, 0.6) is 0 Å². The van der Waals surface area contributed by atoms with Crippen molar-refractivity contribution in [1.29, 1.82) is 0 Å². The van der Waals surface area contributed by atoms with Crippen LogP contribution in [-0.4, -0.2) is 42.7 Å². The van der Waals surface area contributed by atoms with E-state index in [-0.39, 0.29) is 12.4 Å². The van der Waals surface area contributed by atoms with Crippen LogP contribution in [0.4, 0.5) is 10.1 Å². The number of carboxylic acids is 1. The molecule has 1 aliphatic rings. The summed E-state index contributed by atoms with van der Waals surface area (Å²) in [6.45, 7) is 2.76. The first-order valence-corrected chi connectivity index (χ1v) is 7.50. The molecule has 1 aromatic carbocycles. The first kappa shape index (κ1) is 15.8. The van der Waals surface area contributed by atoms with Gasteiger partial charge in [-0.05, 0) is 43.6 Å². The maximum absolute atomic E-state index is 13.9. The lowest BCUT2D eigenvalue weighted by atomic mass is 10.1. The number of carboxylic acid groups (broad SMARTS) is 1. The van der Waals surface area contributed by atoms with E-state index >= 15 is 0 Å². The highest BCUT2D eigenvalue weighted by Crippen LogP contribution is 2.21. The molecule has 1 heterocycles. The van der Waals surface area contributed by atoms with Crippen molar-refractivity contribution in [1.82, 2.24) is 4.90 Å². The monoisotopic (exact) mass is 294 g/mol. The number of anilines is 1. The van der Waals surface area contributed by atoms with Crippen molar-refractivity contribution >= 4 is 11.7 Å². The molecule has 1 fully saturated rings. The zero-order chi connectivity index (χ0) is 15.2. The fourth-order valence-electron chi connectivity index (χ4n) is 2.79. The summed E-state index contributed by atoms with van der Waals surface area (Å²) < 4.78 is 13.9. The summed E-state index contributed by atoms with van der Waals surface area (Å²) in [7, 11) is 1.60. The van der Waals surface area contributed by atoms with Crippen LogP contribution in [0.25, 0.3) is 0 Å². The van der Waals surface area contributed by atoms with Gasteiger partial charge in [-0.2, -0.15) is 0 Å². The Labute approximate surface area is 125 Å². The van der Waals surface area contributed by atoms with Crippen LogP contribution in [0, 0.1) is 5.82 Å². The Morgan fingerprint density at radius 2 is 1.95 bits per heavy atom. The van der Waals surface area contributed by atoms with Gasteiger partial charge in [0.25, 0.3) is 0 Å². The van der Waals surface area contributed by atoms with Crippen molar-refractivity contribution in [2.45, 2.75) is 32.2 Å². The van der Waals surface area contributed by atoms with E-state index in [1.54, 1.807) is 19.2 Å². The zero-order valence-corrected chi connectivity index (χ0v) is 12.5. The Morgan fingerprint density at radius 1 is 1.29 bits per heavy atom. The van der Waals surface area contributed by atoms with E-state index in [0.717, 1.165) is 25.2 Å². The third kappa shape index (κ3) is 4.70. The maximum Gasteiger partial charge on any atom is 0.323 e. The lowest BCUT2D eigenvalue weighted by Gasteiger charge is -2.22. The lowest BCUT2D eigenvalue weighted by molar-refractivity contribution is -0.135. The van der Waals surface area contributed by atoms with Crippen molar-refractivity contribution in [2.75, 3.05) is 31.6 Å². The van der Waals surface area contributed by atoms with Crippen LogP contribution in [0.3, 0.4) is 0 Å². The summed E-state index contributed by atoms with van der Waals surface area (Å²) in [5.74, 6) is -1.34. The number of hydrogen-bond donors (Lipinski definition) is 1. The molecule has 0 unspecified atom stereocenters. The standard InChI is InChI=1S/C16H23FN2O2/c1-18(12-16(20)21)15-10-13(6-7-14(15)17)11-19-8-4-2-3-5-9-19/h6-7,10H,2-5,8-9,11-12H2,1H3,(H,20,21). The van der Waals surface area contributed by atoms with Crippen LogP contribution in [0.15, 0.2) is 18.2 Å². The second-order valence-electron chi connectivity index (χ2n) is 5.73. The molecular weight excluding hydrogens is 271 g/mol. The quantitative estimate of drug-likeness (QED) is 0.907. The van der Waals surface area contributed by atoms with Crippen LogP contribution >= 0.6 is 0 Å². The van der Waals surface area contributed by atoms with Gasteiger partial charge in [-0.1, -0.05) is 18.9 Å². The van der Waals surface area contributed by atoms with Crippen molar-refractivity contribution in [2.24, 2.45) is 0 Å². The molecule has 0 radical (unpaired) electrons. The topological polar surface area (TPSA) is 43.8 Å². The minimum absolute atomic E-state index is 0.204. The Hall–Kier alpha value is -1.62. The van der Waals surface area contributed by atoms with E-state index in [1.165, 1.54) is 36.6 Å². The largest absolute Gasteiger partial charge is 0.480 e. The molecule has 1 aliphatic heterocycles. The van der Waals surface area contributed by atoms with Crippen molar-refractivity contribution in [3.63, 3.8) is 0 Å². The zero-order valence-electron chi connectivity index (χ0n) is 12.5. The Morgan fingerprint density at radius 3 is 2.57 bits per heavy atom. The van der Waals surface area contributed by atoms with Crippen molar-refractivity contribution in [3.05, 3.63) is 29.6 Å². The van der Waals surface area contributed by atoms with Crippen molar-refractivity contribution in [3.8, 4) is 0 Å². The van der Waals surface area contributed by atoms with Gasteiger partial charge < -0.3 is 10.0 Å². The highest BCUT2D eigenvalue weighted by atomic mass is 19.1. The van der Waals surface area contributed by atoms with Gasteiger partial charge >= 0.3 is 5.97 Å². The molecule has 0 aliphatic carbocycles. The van der Waals surface area contributed by atoms with E-state index in [2.05, 4.69) is 4.90 Å². The second kappa shape index (κ2) is 7.41. The van der Waals surface area contributed by atoms with Gasteiger partial charge in [-0.15, -0.1) is 0 Å². The molecule has 21 heavy (non-hydrogen) atoms. The molecule has 2 rings (SSSR count). The van der Waals surface area contributed by atoms with Crippen LogP contribution in [0.2, 0.25) is 0 Å². The molecule has 1 N–H and O–H groups in total. The number of aliphatic carboxylic acids is 1. The van der Waals surface area contributed by atoms with Gasteiger partial charge in [-0.25, -0.2) is 4.39 Å². The number of benzene rings is 1. The Kier molecular flexibility index (Phi) is 5.56. The number of carbonyl (C=O) groups is 1. The first-order valence-electron chi connectivity index (χ1n) is 7.50. The fraction of sp³-hybridized carbons (Fsp3) is 0.562. The lowest BCUT2D eigenvalue weighted by Crippen LogP contribution is -2.27. The number of likely N-dealkylation sites (tertiary alicyclic amines) is 1. The SMILES string of the molecule is CN(CC(=O)O)c1cc(CN2CCCCCC2)ccc1F. The fourth-order valence-corrected chi connectivity index (χ4v) is 2.79. The third-order valence-corrected chi connectivity index (χ3v) is 3.90. The van der Waals surface area contributed by atoms with Gasteiger partial charge in [0.05, 0.1) is 5.69 Å². The molecule has 0 bridgehead atoms. The highest BCUT2D eigenvalue weighted by molar-refractivity contribution is 5.73. The molecule has 1 saturated heterocycles. The van der Waals surface area contributed by atoms with Crippen LogP contribution in [-0.2, 0) is 11.3 Å². The van der Waals surface area contributed by atoms with E-state index in [9.17, 15) is 9.18 Å². The number of halogens is 1. The first-order chi connectivity index (χ1) is 10.1. The number of rotatable bonds is 5. The molecule has 116 valence electrons. The predicted octanol–water partition coefficient (Wildman–Crippen LogP) is 2.72. The van der Waals surface area contributed by atoms with Gasteiger partial charge in [0, 0.05) is 13.6 Å². The Balaban J connectivity index is 2.08. The molecule has 0 spiro atoms. The molecule has 4 nitrogen and oxygen atoms in total. The highest BCUT2D eigenvalue weighted by Gasteiger charge is 2.14. The van der Waals surface area contributed by atoms with Crippen LogP contribution < -0.4 is 4.90 Å². The van der Waals surface area contributed by atoms with Gasteiger partial charge in [0.2, 0.25) is 0 Å². The molecule has 0 amide bonds. The number of hydrogen-bond acceptors (Lipinski definition) is 3. The predicted molar refractivity (Wildman–Crippen MR) is 81.1 cm³/mol. The van der Waals surface area contributed by atoms with Gasteiger partial charge in [0.1, 0.15) is 12.4 Å². The molecule has 5 heteroatoms. The molecule has 1 aromatic rings. The summed E-state index contributed by atoms with van der Waals surface area (Å²) in [5, 5.41) is 8.83. The summed E-state index contributed by atoms with van der Waals surface area (Å²) in [6.07, 6.45) is 5.00.